The Bertz CT molecular complexity index is 1010. The first-order chi connectivity index (χ1) is 13.1. The van der Waals surface area contributed by atoms with Gasteiger partial charge in [-0.2, -0.15) is 0 Å². The highest BCUT2D eigenvalue weighted by Crippen LogP contribution is 2.37. The van der Waals surface area contributed by atoms with Gasteiger partial charge in [-0.15, -0.1) is 11.3 Å². The van der Waals surface area contributed by atoms with Gasteiger partial charge in [0.25, 0.3) is 5.56 Å². The lowest BCUT2D eigenvalue weighted by atomic mass is 9.98. The van der Waals surface area contributed by atoms with Gasteiger partial charge >= 0.3 is 5.97 Å². The van der Waals surface area contributed by atoms with E-state index in [-0.39, 0.29) is 17.6 Å². The molecule has 0 aliphatic carbocycles. The van der Waals surface area contributed by atoms with Crippen molar-refractivity contribution in [2.24, 2.45) is 5.92 Å². The number of ether oxygens (including phenoxy) is 2. The molecule has 1 saturated heterocycles. The molecule has 1 aromatic carbocycles. The largest absolute Gasteiger partial charge is 0.454 e. The molecular weight excluding hydrogens is 364 g/mol. The van der Waals surface area contributed by atoms with Crippen LogP contribution in [0.4, 0.5) is 0 Å². The van der Waals surface area contributed by atoms with Crippen molar-refractivity contribution in [1.82, 2.24) is 9.55 Å². The highest BCUT2D eigenvalue weighted by molar-refractivity contribution is 7.16. The SMILES string of the molecule is CC[C@H]1O[C@@H](n2ccc3ncsc3c2=O)[C@@H](OC(=O)c2ccccc2)C1C. The second kappa shape index (κ2) is 7.25. The maximum Gasteiger partial charge on any atom is 0.338 e. The maximum absolute atomic E-state index is 12.9. The van der Waals surface area contributed by atoms with Gasteiger partial charge in [-0.1, -0.05) is 32.0 Å². The highest BCUT2D eigenvalue weighted by atomic mass is 32.1. The van der Waals surface area contributed by atoms with Gasteiger partial charge in [0, 0.05) is 12.1 Å². The van der Waals surface area contributed by atoms with Crippen LogP contribution in [0.3, 0.4) is 0 Å². The van der Waals surface area contributed by atoms with E-state index in [0.29, 0.717) is 15.8 Å². The molecule has 0 saturated carbocycles. The van der Waals surface area contributed by atoms with Crippen LogP contribution in [0.5, 0.6) is 0 Å². The van der Waals surface area contributed by atoms with E-state index in [0.717, 1.165) is 6.42 Å². The molecule has 4 rings (SSSR count). The highest BCUT2D eigenvalue weighted by Gasteiger charge is 2.45. The van der Waals surface area contributed by atoms with Crippen molar-refractivity contribution >= 4 is 27.5 Å². The average molecular weight is 384 g/mol. The van der Waals surface area contributed by atoms with Crippen LogP contribution < -0.4 is 5.56 Å². The lowest BCUT2D eigenvalue weighted by molar-refractivity contribution is -0.0501. The molecule has 0 N–H and O–H groups in total. The summed E-state index contributed by atoms with van der Waals surface area (Å²) in [7, 11) is 0. The number of rotatable bonds is 4. The summed E-state index contributed by atoms with van der Waals surface area (Å²) in [6.07, 6.45) is 1.15. The summed E-state index contributed by atoms with van der Waals surface area (Å²) in [6, 6.07) is 10.6. The first-order valence-corrected chi connectivity index (χ1v) is 9.84. The van der Waals surface area contributed by atoms with Crippen molar-refractivity contribution in [3.63, 3.8) is 0 Å². The normalized spacial score (nSPS) is 25.0. The van der Waals surface area contributed by atoms with Gasteiger partial charge in [0.2, 0.25) is 0 Å². The second-order valence-electron chi connectivity index (χ2n) is 6.66. The van der Waals surface area contributed by atoms with Crippen molar-refractivity contribution < 1.29 is 14.3 Å². The molecule has 1 aliphatic heterocycles. The Kier molecular flexibility index (Phi) is 4.80. The Morgan fingerprint density at radius 3 is 2.81 bits per heavy atom. The fourth-order valence-electron chi connectivity index (χ4n) is 3.54. The number of fused-ring (bicyclic) bond motifs is 1. The number of thiazole rings is 1. The summed E-state index contributed by atoms with van der Waals surface area (Å²) >= 11 is 1.30. The minimum Gasteiger partial charge on any atom is -0.454 e. The average Bonchev–Trinajstić information content (AvgIpc) is 3.29. The summed E-state index contributed by atoms with van der Waals surface area (Å²) in [5.41, 5.74) is 2.62. The molecular formula is C20H20N2O4S. The third-order valence-corrected chi connectivity index (χ3v) is 5.88. The smallest absolute Gasteiger partial charge is 0.338 e. The van der Waals surface area contributed by atoms with Crippen molar-refractivity contribution in [2.45, 2.75) is 38.7 Å². The number of carbonyl (C=O) groups excluding carboxylic acids is 1. The monoisotopic (exact) mass is 384 g/mol. The van der Waals surface area contributed by atoms with E-state index in [9.17, 15) is 9.59 Å². The van der Waals surface area contributed by atoms with Crippen LogP contribution in [0.15, 0.2) is 52.9 Å². The van der Waals surface area contributed by atoms with Crippen LogP contribution in [-0.2, 0) is 9.47 Å². The molecule has 7 heteroatoms. The van der Waals surface area contributed by atoms with Gasteiger partial charge in [0.15, 0.2) is 12.3 Å². The molecule has 2 aromatic heterocycles. The van der Waals surface area contributed by atoms with Gasteiger partial charge in [-0.05, 0) is 24.6 Å². The van der Waals surface area contributed by atoms with Crippen LogP contribution in [-0.4, -0.2) is 27.7 Å². The van der Waals surface area contributed by atoms with E-state index in [2.05, 4.69) is 4.98 Å². The third kappa shape index (κ3) is 3.17. The molecule has 1 fully saturated rings. The Morgan fingerprint density at radius 1 is 1.30 bits per heavy atom. The Morgan fingerprint density at radius 2 is 2.07 bits per heavy atom. The molecule has 0 radical (unpaired) electrons. The Balaban J connectivity index is 1.69. The van der Waals surface area contributed by atoms with E-state index in [1.807, 2.05) is 19.9 Å². The van der Waals surface area contributed by atoms with Crippen molar-refractivity contribution in [3.05, 3.63) is 64.0 Å². The predicted octanol–water partition coefficient (Wildman–Crippen LogP) is 3.63. The van der Waals surface area contributed by atoms with E-state index in [4.69, 9.17) is 9.47 Å². The molecule has 1 unspecified atom stereocenters. The van der Waals surface area contributed by atoms with Crippen molar-refractivity contribution in [1.29, 1.82) is 0 Å². The first kappa shape index (κ1) is 17.9. The van der Waals surface area contributed by atoms with Crippen LogP contribution in [0.25, 0.3) is 10.2 Å². The molecule has 1 aliphatic rings. The molecule has 3 heterocycles. The minimum atomic E-state index is -0.656. The predicted molar refractivity (Wildman–Crippen MR) is 103 cm³/mol. The second-order valence-corrected chi connectivity index (χ2v) is 7.52. The maximum atomic E-state index is 12.9. The van der Waals surface area contributed by atoms with Gasteiger partial charge in [-0.25, -0.2) is 9.78 Å². The fourth-order valence-corrected chi connectivity index (χ4v) is 4.26. The zero-order chi connectivity index (χ0) is 19.0. The van der Waals surface area contributed by atoms with Crippen LogP contribution in [0.2, 0.25) is 0 Å². The Labute approximate surface area is 160 Å². The number of hydrogen-bond donors (Lipinski definition) is 0. The number of benzene rings is 1. The van der Waals surface area contributed by atoms with E-state index >= 15 is 0 Å². The number of nitrogens with zero attached hydrogens (tertiary/aromatic N) is 2. The van der Waals surface area contributed by atoms with Crippen molar-refractivity contribution in [3.8, 4) is 0 Å². The van der Waals surface area contributed by atoms with Crippen molar-refractivity contribution in [2.75, 3.05) is 0 Å². The summed E-state index contributed by atoms with van der Waals surface area (Å²) in [5.74, 6) is -0.443. The zero-order valence-electron chi connectivity index (χ0n) is 15.1. The number of hydrogen-bond acceptors (Lipinski definition) is 6. The van der Waals surface area contributed by atoms with Gasteiger partial charge in [0.05, 0.1) is 22.7 Å². The summed E-state index contributed by atoms with van der Waals surface area (Å²) in [6.45, 7) is 4.02. The third-order valence-electron chi connectivity index (χ3n) is 5.05. The summed E-state index contributed by atoms with van der Waals surface area (Å²) in [4.78, 5) is 29.7. The standard InChI is InChI=1S/C20H20N2O4S/c1-3-15-12(2)16(26-20(24)13-7-5-4-6-8-13)19(25-15)22-10-9-14-17(18(22)23)27-11-21-14/h4-12,15-16,19H,3H2,1-2H3/t12?,15-,16+,19-/m1/s1. The number of carbonyl (C=O) groups is 1. The first-order valence-electron chi connectivity index (χ1n) is 8.96. The van der Waals surface area contributed by atoms with Crippen LogP contribution >= 0.6 is 11.3 Å². The van der Waals surface area contributed by atoms with Gasteiger partial charge in [0.1, 0.15) is 4.70 Å². The lowest BCUT2D eigenvalue weighted by Gasteiger charge is -2.23. The molecule has 3 aromatic rings. The summed E-state index contributed by atoms with van der Waals surface area (Å²) in [5, 5.41) is 0. The van der Waals surface area contributed by atoms with Gasteiger partial charge in [-0.3, -0.25) is 9.36 Å². The number of aromatic nitrogens is 2. The molecule has 0 amide bonds. The topological polar surface area (TPSA) is 70.4 Å². The lowest BCUT2D eigenvalue weighted by Crippen LogP contribution is -2.34. The molecule has 0 spiro atoms. The Hall–Kier alpha value is -2.51. The quantitative estimate of drug-likeness (QED) is 0.643. The van der Waals surface area contributed by atoms with Gasteiger partial charge < -0.3 is 9.47 Å². The van der Waals surface area contributed by atoms with E-state index in [1.54, 1.807) is 42.0 Å². The number of esters is 1. The minimum absolute atomic E-state index is 0.0308. The summed E-state index contributed by atoms with van der Waals surface area (Å²) < 4.78 is 14.1. The molecule has 0 bridgehead atoms. The van der Waals surface area contributed by atoms with E-state index < -0.39 is 18.3 Å². The van der Waals surface area contributed by atoms with Crippen LogP contribution in [0.1, 0.15) is 36.9 Å². The molecule has 4 atom stereocenters. The molecule has 27 heavy (non-hydrogen) atoms. The zero-order valence-corrected chi connectivity index (χ0v) is 15.9. The fraction of sp³-hybridized carbons (Fsp3) is 0.350. The van der Waals surface area contributed by atoms with Crippen LogP contribution in [0, 0.1) is 5.92 Å². The molecule has 6 nitrogen and oxygen atoms in total. The molecule has 140 valence electrons. The number of pyridine rings is 1. The van der Waals surface area contributed by atoms with E-state index in [1.165, 1.54) is 15.9 Å².